The van der Waals surface area contributed by atoms with E-state index in [1.165, 1.54) is 18.3 Å². The number of carbonyl (C=O) groups is 1. The molecule has 0 radical (unpaired) electrons. The summed E-state index contributed by atoms with van der Waals surface area (Å²) in [5.74, 6) is -0.549. The number of fused-ring (bicyclic) bond motifs is 1. The van der Waals surface area contributed by atoms with Crippen molar-refractivity contribution in [1.82, 2.24) is 14.8 Å². The van der Waals surface area contributed by atoms with Gasteiger partial charge in [0.15, 0.2) is 5.65 Å². The molecule has 0 saturated carbocycles. The number of aromatic nitrogens is 3. The van der Waals surface area contributed by atoms with Crippen molar-refractivity contribution in [2.24, 2.45) is 0 Å². The van der Waals surface area contributed by atoms with E-state index < -0.39 is 10.9 Å². The topological polar surface area (TPSA) is 112 Å². The Labute approximate surface area is 171 Å². The predicted octanol–water partition coefficient (Wildman–Crippen LogP) is 4.25. The summed E-state index contributed by atoms with van der Waals surface area (Å²) >= 11 is 0. The average molecular weight is 403 g/mol. The third kappa shape index (κ3) is 3.55. The van der Waals surface area contributed by atoms with Gasteiger partial charge in [-0.05, 0) is 25.1 Å². The van der Waals surface area contributed by atoms with Gasteiger partial charge in [0.05, 0.1) is 34.5 Å². The number of nitro groups is 1. The highest BCUT2D eigenvalue weighted by Gasteiger charge is 2.20. The fourth-order valence-corrected chi connectivity index (χ4v) is 3.08. The second-order valence-electron chi connectivity index (χ2n) is 6.33. The lowest BCUT2D eigenvalue weighted by Crippen LogP contribution is -2.09. The van der Waals surface area contributed by atoms with Gasteiger partial charge in [0.1, 0.15) is 5.56 Å². The van der Waals surface area contributed by atoms with Crippen LogP contribution in [-0.2, 0) is 4.74 Å². The van der Waals surface area contributed by atoms with Crippen LogP contribution in [0.3, 0.4) is 0 Å². The third-order valence-corrected chi connectivity index (χ3v) is 4.42. The molecule has 1 N–H and O–H groups in total. The summed E-state index contributed by atoms with van der Waals surface area (Å²) < 4.78 is 6.81. The molecular formula is C21H17N5O4. The Morgan fingerprint density at radius 3 is 2.70 bits per heavy atom. The van der Waals surface area contributed by atoms with Crippen LogP contribution in [0.5, 0.6) is 0 Å². The molecule has 0 aliphatic heterocycles. The van der Waals surface area contributed by atoms with Crippen LogP contribution in [0.4, 0.5) is 17.1 Å². The number of nitrogens with one attached hydrogen (secondary N) is 1. The quantitative estimate of drug-likeness (QED) is 0.291. The minimum absolute atomic E-state index is 0.0667. The van der Waals surface area contributed by atoms with E-state index in [0.29, 0.717) is 22.4 Å². The minimum atomic E-state index is -0.549. The van der Waals surface area contributed by atoms with Gasteiger partial charge in [-0.3, -0.25) is 10.1 Å². The Morgan fingerprint density at radius 2 is 1.97 bits per heavy atom. The van der Waals surface area contributed by atoms with Crippen LogP contribution >= 0.6 is 0 Å². The molecule has 9 heteroatoms. The maximum Gasteiger partial charge on any atom is 0.341 e. The predicted molar refractivity (Wildman–Crippen MR) is 111 cm³/mol. The molecule has 9 nitrogen and oxygen atoms in total. The van der Waals surface area contributed by atoms with Crippen LogP contribution < -0.4 is 5.32 Å². The summed E-state index contributed by atoms with van der Waals surface area (Å²) in [4.78, 5) is 27.6. The fourth-order valence-electron chi connectivity index (χ4n) is 3.08. The van der Waals surface area contributed by atoms with Gasteiger partial charge >= 0.3 is 5.97 Å². The highest BCUT2D eigenvalue weighted by Crippen LogP contribution is 2.31. The van der Waals surface area contributed by atoms with Crippen LogP contribution in [0, 0.1) is 10.1 Å². The fraction of sp³-hybridized carbons (Fsp3) is 0.0952. The zero-order valence-electron chi connectivity index (χ0n) is 16.0. The van der Waals surface area contributed by atoms with E-state index in [1.54, 1.807) is 29.9 Å². The van der Waals surface area contributed by atoms with Crippen molar-refractivity contribution >= 4 is 34.1 Å². The van der Waals surface area contributed by atoms with E-state index in [9.17, 15) is 14.9 Å². The van der Waals surface area contributed by atoms with Gasteiger partial charge in [-0.1, -0.05) is 24.3 Å². The third-order valence-electron chi connectivity index (χ3n) is 4.42. The van der Waals surface area contributed by atoms with E-state index in [-0.39, 0.29) is 17.9 Å². The Balaban J connectivity index is 1.87. The Hall–Kier alpha value is -4.27. The molecule has 0 saturated heterocycles. The molecule has 0 amide bonds. The molecule has 0 unspecified atom stereocenters. The molecule has 0 bridgehead atoms. The number of carbonyl (C=O) groups excluding carboxylic acids is 1. The van der Waals surface area contributed by atoms with Crippen molar-refractivity contribution in [1.29, 1.82) is 0 Å². The van der Waals surface area contributed by atoms with Gasteiger partial charge in [0, 0.05) is 24.0 Å². The van der Waals surface area contributed by atoms with Crippen LogP contribution in [0.25, 0.3) is 16.7 Å². The maximum absolute atomic E-state index is 12.5. The monoisotopic (exact) mass is 403 g/mol. The molecule has 2 aromatic carbocycles. The zero-order chi connectivity index (χ0) is 21.1. The van der Waals surface area contributed by atoms with Gasteiger partial charge in [0.25, 0.3) is 5.69 Å². The highest BCUT2D eigenvalue weighted by molar-refractivity contribution is 6.05. The summed E-state index contributed by atoms with van der Waals surface area (Å²) in [6.07, 6.45) is 3.01. The van der Waals surface area contributed by atoms with Crippen molar-refractivity contribution in [2.45, 2.75) is 6.92 Å². The number of pyridine rings is 1. The lowest BCUT2D eigenvalue weighted by atomic mass is 10.1. The second-order valence-corrected chi connectivity index (χ2v) is 6.33. The number of nitro benzene ring substituents is 1. The Bertz CT molecular complexity index is 1240. The first-order valence-electron chi connectivity index (χ1n) is 9.19. The van der Waals surface area contributed by atoms with Crippen LogP contribution in [0.1, 0.15) is 17.3 Å². The Kier molecular flexibility index (Phi) is 5.08. The number of benzene rings is 2. The van der Waals surface area contributed by atoms with E-state index in [2.05, 4.69) is 15.4 Å². The lowest BCUT2D eigenvalue weighted by Gasteiger charge is -2.13. The van der Waals surface area contributed by atoms with Crippen molar-refractivity contribution in [3.05, 3.63) is 82.7 Å². The molecule has 30 heavy (non-hydrogen) atoms. The molecular weight excluding hydrogens is 386 g/mol. The van der Waals surface area contributed by atoms with Crippen molar-refractivity contribution < 1.29 is 14.5 Å². The van der Waals surface area contributed by atoms with Gasteiger partial charge in [-0.2, -0.15) is 5.10 Å². The zero-order valence-corrected chi connectivity index (χ0v) is 16.0. The number of esters is 1. The molecule has 0 fully saturated rings. The lowest BCUT2D eigenvalue weighted by molar-refractivity contribution is -0.384. The first kappa shape index (κ1) is 19.1. The number of anilines is 2. The summed E-state index contributed by atoms with van der Waals surface area (Å²) in [5, 5.41) is 19.2. The van der Waals surface area contributed by atoms with Gasteiger partial charge < -0.3 is 10.1 Å². The molecule has 2 heterocycles. The number of non-ortho nitro benzene ring substituents is 1. The van der Waals surface area contributed by atoms with Gasteiger partial charge in [0.2, 0.25) is 0 Å². The average Bonchev–Trinajstić information content (AvgIpc) is 3.19. The molecule has 2 aromatic heterocycles. The molecule has 0 aliphatic rings. The first-order valence-corrected chi connectivity index (χ1v) is 9.19. The molecule has 0 atom stereocenters. The van der Waals surface area contributed by atoms with Crippen LogP contribution in [0.15, 0.2) is 67.0 Å². The largest absolute Gasteiger partial charge is 0.462 e. The van der Waals surface area contributed by atoms with Gasteiger partial charge in [-0.15, -0.1) is 0 Å². The maximum atomic E-state index is 12.5. The minimum Gasteiger partial charge on any atom is -0.462 e. The first-order chi connectivity index (χ1) is 14.6. The highest BCUT2D eigenvalue weighted by atomic mass is 16.6. The smallest absolute Gasteiger partial charge is 0.341 e. The number of rotatable bonds is 6. The molecule has 4 rings (SSSR count). The number of hydrogen-bond donors (Lipinski definition) is 1. The number of para-hydroxylation sites is 1. The summed E-state index contributed by atoms with van der Waals surface area (Å²) in [7, 11) is 0. The van der Waals surface area contributed by atoms with E-state index in [4.69, 9.17) is 4.74 Å². The van der Waals surface area contributed by atoms with Crippen LogP contribution in [0.2, 0.25) is 0 Å². The van der Waals surface area contributed by atoms with Crippen molar-refractivity contribution in [3.63, 3.8) is 0 Å². The van der Waals surface area contributed by atoms with Gasteiger partial charge in [-0.25, -0.2) is 14.5 Å². The van der Waals surface area contributed by atoms with E-state index in [1.807, 2.05) is 30.3 Å². The van der Waals surface area contributed by atoms with Crippen LogP contribution in [-0.4, -0.2) is 32.3 Å². The summed E-state index contributed by atoms with van der Waals surface area (Å²) in [6.45, 7) is 1.92. The molecule has 0 aliphatic carbocycles. The summed E-state index contributed by atoms with van der Waals surface area (Å²) in [5.41, 5.74) is 2.36. The standard InChI is InChI=1S/C21H17N5O4/c1-2-30-21(27)18-12-22-20-17(13-23-25(20)15-8-4-3-5-9-15)19(18)24-14-7-6-10-16(11-14)26(28)29/h3-13H,2H2,1H3,(H,22,24). The molecule has 150 valence electrons. The number of ether oxygens (including phenoxy) is 1. The molecule has 4 aromatic rings. The van der Waals surface area contributed by atoms with Crippen molar-refractivity contribution in [3.8, 4) is 5.69 Å². The SMILES string of the molecule is CCOC(=O)c1cnc2c(cnn2-c2ccccc2)c1Nc1cccc([N+](=O)[O-])c1. The second kappa shape index (κ2) is 8.00. The van der Waals surface area contributed by atoms with E-state index >= 15 is 0 Å². The Morgan fingerprint density at radius 1 is 1.17 bits per heavy atom. The summed E-state index contributed by atoms with van der Waals surface area (Å²) in [6, 6.07) is 15.5. The number of nitrogens with zero attached hydrogens (tertiary/aromatic N) is 4. The normalized spacial score (nSPS) is 10.7. The van der Waals surface area contributed by atoms with Crippen molar-refractivity contribution in [2.75, 3.05) is 11.9 Å². The van der Waals surface area contributed by atoms with E-state index in [0.717, 1.165) is 5.69 Å². The molecule has 0 spiro atoms. The number of hydrogen-bond acceptors (Lipinski definition) is 7.